The first-order valence-corrected chi connectivity index (χ1v) is 7.47. The van der Waals surface area contributed by atoms with Gasteiger partial charge in [-0.3, -0.25) is 4.68 Å². The first-order chi connectivity index (χ1) is 9.16. The summed E-state index contributed by atoms with van der Waals surface area (Å²) in [6.07, 6.45) is 2.95. The summed E-state index contributed by atoms with van der Waals surface area (Å²) in [5.41, 5.74) is 5.32. The van der Waals surface area contributed by atoms with E-state index >= 15 is 0 Å². The topological polar surface area (TPSA) is 29.9 Å². The van der Waals surface area contributed by atoms with E-state index < -0.39 is 0 Å². The fourth-order valence-electron chi connectivity index (χ4n) is 2.84. The number of fused-ring (bicyclic) bond motifs is 1. The Labute approximate surface area is 122 Å². The zero-order valence-electron chi connectivity index (χ0n) is 11.3. The average Bonchev–Trinajstić information content (AvgIpc) is 2.62. The zero-order chi connectivity index (χ0) is 13.4. The molecule has 1 unspecified atom stereocenters. The van der Waals surface area contributed by atoms with E-state index in [2.05, 4.69) is 51.5 Å². The molecule has 0 bridgehead atoms. The maximum Gasteiger partial charge on any atom is 0.0821 e. The van der Waals surface area contributed by atoms with Crippen LogP contribution in [0.3, 0.4) is 0 Å². The van der Waals surface area contributed by atoms with Crippen LogP contribution in [0.15, 0.2) is 28.9 Å². The minimum absolute atomic E-state index is 0.585. The SMILES string of the molecule is CC1CNCCc2cc(-c3c(Br)cnn3C)ccc21. The van der Waals surface area contributed by atoms with Crippen LogP contribution in [0.2, 0.25) is 0 Å². The van der Waals surface area contributed by atoms with Gasteiger partial charge in [-0.2, -0.15) is 5.10 Å². The van der Waals surface area contributed by atoms with Crippen molar-refractivity contribution in [2.45, 2.75) is 19.3 Å². The quantitative estimate of drug-likeness (QED) is 0.875. The summed E-state index contributed by atoms with van der Waals surface area (Å²) >= 11 is 3.58. The van der Waals surface area contributed by atoms with E-state index in [0.29, 0.717) is 5.92 Å². The summed E-state index contributed by atoms with van der Waals surface area (Å²) in [5, 5.41) is 7.79. The van der Waals surface area contributed by atoms with Crippen molar-refractivity contribution < 1.29 is 0 Å². The fourth-order valence-corrected chi connectivity index (χ4v) is 3.41. The summed E-state index contributed by atoms with van der Waals surface area (Å²) in [4.78, 5) is 0. The molecule has 2 aromatic rings. The van der Waals surface area contributed by atoms with Crippen LogP contribution >= 0.6 is 15.9 Å². The van der Waals surface area contributed by atoms with Crippen LogP contribution in [0.25, 0.3) is 11.3 Å². The molecule has 0 fully saturated rings. The van der Waals surface area contributed by atoms with Gasteiger partial charge in [0, 0.05) is 19.2 Å². The van der Waals surface area contributed by atoms with Gasteiger partial charge < -0.3 is 5.32 Å². The maximum absolute atomic E-state index is 4.30. The van der Waals surface area contributed by atoms with Crippen LogP contribution in [0, 0.1) is 0 Å². The molecular formula is C15H18BrN3. The van der Waals surface area contributed by atoms with Gasteiger partial charge in [0.25, 0.3) is 0 Å². The van der Waals surface area contributed by atoms with Crippen LogP contribution in [0.1, 0.15) is 24.0 Å². The first kappa shape index (κ1) is 12.9. The number of aromatic nitrogens is 2. The largest absolute Gasteiger partial charge is 0.316 e. The molecule has 3 nitrogen and oxygen atoms in total. The van der Waals surface area contributed by atoms with E-state index in [4.69, 9.17) is 0 Å². The van der Waals surface area contributed by atoms with Crippen LogP contribution in [-0.2, 0) is 13.5 Å². The van der Waals surface area contributed by atoms with Gasteiger partial charge in [0.1, 0.15) is 0 Å². The second-order valence-electron chi connectivity index (χ2n) is 5.23. The van der Waals surface area contributed by atoms with Crippen molar-refractivity contribution in [1.82, 2.24) is 15.1 Å². The second-order valence-corrected chi connectivity index (χ2v) is 6.09. The lowest BCUT2D eigenvalue weighted by molar-refractivity contribution is 0.644. The van der Waals surface area contributed by atoms with Crippen molar-refractivity contribution in [3.05, 3.63) is 40.0 Å². The Hall–Kier alpha value is -1.13. The predicted molar refractivity (Wildman–Crippen MR) is 81.3 cm³/mol. The molecule has 0 saturated heterocycles. The smallest absolute Gasteiger partial charge is 0.0821 e. The molecule has 1 N–H and O–H groups in total. The first-order valence-electron chi connectivity index (χ1n) is 6.68. The highest BCUT2D eigenvalue weighted by Crippen LogP contribution is 2.31. The van der Waals surface area contributed by atoms with Gasteiger partial charge in [-0.25, -0.2) is 0 Å². The lowest BCUT2D eigenvalue weighted by Crippen LogP contribution is -2.18. The van der Waals surface area contributed by atoms with E-state index in [1.807, 2.05) is 17.9 Å². The standard InChI is InChI=1S/C15H18BrN3/c1-10-8-17-6-5-11-7-12(3-4-13(10)11)15-14(16)9-18-19(15)2/h3-4,7,9-10,17H,5-6,8H2,1-2H3. The van der Waals surface area contributed by atoms with Gasteiger partial charge in [0.15, 0.2) is 0 Å². The van der Waals surface area contributed by atoms with E-state index in [1.165, 1.54) is 16.7 Å². The summed E-state index contributed by atoms with van der Waals surface area (Å²) in [5.74, 6) is 0.585. The molecule has 1 aromatic carbocycles. The molecule has 0 saturated carbocycles. The molecule has 1 atom stereocenters. The maximum atomic E-state index is 4.30. The molecule has 4 heteroatoms. The minimum Gasteiger partial charge on any atom is -0.316 e. The van der Waals surface area contributed by atoms with Gasteiger partial charge in [-0.1, -0.05) is 19.1 Å². The number of halogens is 1. The van der Waals surface area contributed by atoms with Crippen LogP contribution in [-0.4, -0.2) is 22.9 Å². The number of hydrogen-bond acceptors (Lipinski definition) is 2. The Balaban J connectivity index is 2.09. The highest BCUT2D eigenvalue weighted by atomic mass is 79.9. The number of rotatable bonds is 1. The average molecular weight is 320 g/mol. The molecule has 0 aliphatic carbocycles. The lowest BCUT2D eigenvalue weighted by Gasteiger charge is -2.14. The van der Waals surface area contributed by atoms with Crippen molar-refractivity contribution in [1.29, 1.82) is 0 Å². The molecule has 3 rings (SSSR count). The van der Waals surface area contributed by atoms with E-state index in [9.17, 15) is 0 Å². The Bertz CT molecular complexity index is 584. The third-order valence-corrected chi connectivity index (χ3v) is 4.44. The molecule has 2 heterocycles. The number of nitrogens with one attached hydrogen (secondary N) is 1. The molecule has 1 aliphatic heterocycles. The van der Waals surface area contributed by atoms with Crippen molar-refractivity contribution in [2.24, 2.45) is 7.05 Å². The Morgan fingerprint density at radius 1 is 1.42 bits per heavy atom. The van der Waals surface area contributed by atoms with E-state index in [-0.39, 0.29) is 0 Å². The molecular weight excluding hydrogens is 302 g/mol. The van der Waals surface area contributed by atoms with Crippen LogP contribution in [0.4, 0.5) is 0 Å². The fraction of sp³-hybridized carbons (Fsp3) is 0.400. The summed E-state index contributed by atoms with van der Waals surface area (Å²) in [6.45, 7) is 4.42. The van der Waals surface area contributed by atoms with E-state index in [0.717, 1.165) is 29.7 Å². The van der Waals surface area contributed by atoms with Gasteiger partial charge in [-0.05, 0) is 52.0 Å². The van der Waals surface area contributed by atoms with Crippen molar-refractivity contribution in [3.63, 3.8) is 0 Å². The molecule has 0 spiro atoms. The van der Waals surface area contributed by atoms with Crippen LogP contribution < -0.4 is 5.32 Å². The Morgan fingerprint density at radius 2 is 2.26 bits per heavy atom. The molecule has 100 valence electrons. The van der Waals surface area contributed by atoms with E-state index in [1.54, 1.807) is 0 Å². The van der Waals surface area contributed by atoms with Gasteiger partial charge >= 0.3 is 0 Å². The van der Waals surface area contributed by atoms with Crippen LogP contribution in [0.5, 0.6) is 0 Å². The number of aryl methyl sites for hydroxylation is 1. The van der Waals surface area contributed by atoms with Gasteiger partial charge in [0.2, 0.25) is 0 Å². The molecule has 1 aliphatic rings. The lowest BCUT2D eigenvalue weighted by atomic mass is 9.93. The number of benzene rings is 1. The zero-order valence-corrected chi connectivity index (χ0v) is 12.9. The van der Waals surface area contributed by atoms with Gasteiger partial charge in [0.05, 0.1) is 16.4 Å². The Kier molecular flexibility index (Phi) is 3.46. The number of hydrogen-bond donors (Lipinski definition) is 1. The number of nitrogens with zero attached hydrogens (tertiary/aromatic N) is 2. The summed E-state index contributed by atoms with van der Waals surface area (Å²) in [6, 6.07) is 6.81. The highest BCUT2D eigenvalue weighted by molar-refractivity contribution is 9.10. The predicted octanol–water partition coefficient (Wildman–Crippen LogP) is 3.10. The second kappa shape index (κ2) is 5.10. The van der Waals surface area contributed by atoms with Crippen molar-refractivity contribution in [3.8, 4) is 11.3 Å². The monoisotopic (exact) mass is 319 g/mol. The highest BCUT2D eigenvalue weighted by Gasteiger charge is 2.16. The molecule has 19 heavy (non-hydrogen) atoms. The third-order valence-electron chi connectivity index (χ3n) is 3.86. The molecule has 0 amide bonds. The summed E-state index contributed by atoms with van der Waals surface area (Å²) < 4.78 is 2.97. The molecule has 1 aromatic heterocycles. The Morgan fingerprint density at radius 3 is 3.00 bits per heavy atom. The minimum atomic E-state index is 0.585. The van der Waals surface area contributed by atoms with Gasteiger partial charge in [-0.15, -0.1) is 0 Å². The summed E-state index contributed by atoms with van der Waals surface area (Å²) in [7, 11) is 1.98. The van der Waals surface area contributed by atoms with Crippen molar-refractivity contribution >= 4 is 15.9 Å². The third kappa shape index (κ3) is 2.35. The molecule has 0 radical (unpaired) electrons. The van der Waals surface area contributed by atoms with Crippen molar-refractivity contribution in [2.75, 3.05) is 13.1 Å². The normalized spacial score (nSPS) is 19.0.